The van der Waals surface area contributed by atoms with Crippen molar-refractivity contribution in [2.24, 2.45) is 0 Å². The maximum atomic E-state index is 9.85. The van der Waals surface area contributed by atoms with Crippen LogP contribution in [-0.4, -0.2) is 136 Å². The number of halogens is 4. The van der Waals surface area contributed by atoms with Crippen molar-refractivity contribution in [3.8, 4) is 0 Å². The van der Waals surface area contributed by atoms with Crippen LogP contribution in [0.5, 0.6) is 0 Å². The molecule has 0 saturated heterocycles. The predicted molar refractivity (Wildman–Crippen MR) is 169 cm³/mol. The molecule has 14 heteroatoms. The minimum Gasteiger partial charge on any atom is -0.391 e. The van der Waals surface area contributed by atoms with Crippen molar-refractivity contribution in [3.63, 3.8) is 0 Å². The van der Waals surface area contributed by atoms with Gasteiger partial charge in [-0.05, 0) is 0 Å². The van der Waals surface area contributed by atoms with E-state index >= 15 is 0 Å². The summed E-state index contributed by atoms with van der Waals surface area (Å²) in [7, 11) is 0. The van der Waals surface area contributed by atoms with Gasteiger partial charge < -0.3 is 20.4 Å². The van der Waals surface area contributed by atoms with Crippen LogP contribution in [0, 0.1) is 0 Å². The zero-order valence-electron chi connectivity index (χ0n) is 19.1. The highest BCUT2D eigenvalue weighted by Crippen LogP contribution is 2.32. The molecule has 0 aromatic heterocycles. The molecule has 0 fully saturated rings. The molecule has 206 valence electrons. The SMILES string of the molecule is OC(CCl)CSCCSC(CSCC(O)CCl)C(CSCC(O)CCl)SCCSCC(O)CCl. The number of aliphatic hydroxyl groups excluding tert-OH is 4. The number of hydrogen-bond donors (Lipinski definition) is 4. The van der Waals surface area contributed by atoms with Gasteiger partial charge in [-0.15, -0.1) is 46.4 Å². The fraction of sp³-hybridized carbons (Fsp3) is 1.00. The van der Waals surface area contributed by atoms with Crippen molar-refractivity contribution in [1.82, 2.24) is 0 Å². The molecule has 4 N–H and O–H groups in total. The van der Waals surface area contributed by atoms with Crippen molar-refractivity contribution in [2.45, 2.75) is 34.9 Å². The number of alkyl halides is 4. The quantitative estimate of drug-likeness (QED) is 0.0820. The second-order valence-electron chi connectivity index (χ2n) is 7.28. The largest absolute Gasteiger partial charge is 0.391 e. The Kier molecular flexibility index (Phi) is 28.7. The molecule has 0 aromatic carbocycles. The average molecular weight is 677 g/mol. The molecule has 0 amide bonds. The molecule has 0 bridgehead atoms. The first-order valence-electron chi connectivity index (χ1n) is 10.9. The molecular formula is C20H38Cl4O4S6. The lowest BCUT2D eigenvalue weighted by Gasteiger charge is -2.27. The molecule has 0 spiro atoms. The van der Waals surface area contributed by atoms with Crippen molar-refractivity contribution in [2.75, 3.05) is 81.0 Å². The smallest absolute Gasteiger partial charge is 0.0765 e. The summed E-state index contributed by atoms with van der Waals surface area (Å²) in [5, 5.41) is 39.7. The van der Waals surface area contributed by atoms with E-state index in [1.807, 2.05) is 23.5 Å². The van der Waals surface area contributed by atoms with E-state index < -0.39 is 24.4 Å². The van der Waals surface area contributed by atoms with Crippen LogP contribution in [0.1, 0.15) is 0 Å². The van der Waals surface area contributed by atoms with Crippen molar-refractivity contribution >= 4 is 117 Å². The molecule has 4 nitrogen and oxygen atoms in total. The summed E-state index contributed by atoms with van der Waals surface area (Å²) in [5.74, 6) is 9.09. The zero-order valence-corrected chi connectivity index (χ0v) is 27.0. The molecule has 6 unspecified atom stereocenters. The van der Waals surface area contributed by atoms with E-state index in [0.717, 1.165) is 34.5 Å². The predicted octanol–water partition coefficient (Wildman–Crippen LogP) is 4.52. The zero-order chi connectivity index (χ0) is 25.6. The van der Waals surface area contributed by atoms with Gasteiger partial charge in [0.05, 0.1) is 24.4 Å². The molecule has 0 aliphatic rings. The third-order valence-electron chi connectivity index (χ3n) is 4.05. The Morgan fingerprint density at radius 3 is 1.00 bits per heavy atom. The molecule has 34 heavy (non-hydrogen) atoms. The van der Waals surface area contributed by atoms with Gasteiger partial charge in [-0.1, -0.05) is 0 Å². The Morgan fingerprint density at radius 2 is 0.706 bits per heavy atom. The Morgan fingerprint density at radius 1 is 0.412 bits per heavy atom. The molecule has 0 aromatic rings. The first-order valence-corrected chi connectivity index (χ1v) is 19.7. The Hall–Kier alpha value is 3.10. The van der Waals surface area contributed by atoms with E-state index in [9.17, 15) is 20.4 Å². The van der Waals surface area contributed by atoms with Gasteiger partial charge in [0.15, 0.2) is 0 Å². The fourth-order valence-corrected chi connectivity index (χ4v) is 11.4. The van der Waals surface area contributed by atoms with Crippen molar-refractivity contribution in [3.05, 3.63) is 0 Å². The minimum atomic E-state index is -0.506. The van der Waals surface area contributed by atoms with Crippen LogP contribution in [0.3, 0.4) is 0 Å². The number of thioether (sulfide) groups is 6. The molecule has 0 aliphatic carbocycles. The summed E-state index contributed by atoms with van der Waals surface area (Å²) < 4.78 is 0. The fourth-order valence-electron chi connectivity index (χ4n) is 2.30. The lowest BCUT2D eigenvalue weighted by molar-refractivity contribution is 0.223. The molecule has 0 rings (SSSR count). The highest BCUT2D eigenvalue weighted by Gasteiger charge is 2.24. The van der Waals surface area contributed by atoms with Gasteiger partial charge >= 0.3 is 0 Å². The molecule has 0 saturated carbocycles. The van der Waals surface area contributed by atoms with E-state index in [-0.39, 0.29) is 23.5 Å². The van der Waals surface area contributed by atoms with E-state index in [4.69, 9.17) is 46.4 Å². The first-order chi connectivity index (χ1) is 16.4. The lowest BCUT2D eigenvalue weighted by atomic mass is 10.3. The summed E-state index contributed by atoms with van der Waals surface area (Å²) in [4.78, 5) is 0. The van der Waals surface area contributed by atoms with E-state index in [0.29, 0.717) is 33.5 Å². The van der Waals surface area contributed by atoms with Crippen LogP contribution in [0.25, 0.3) is 0 Å². The third kappa shape index (κ3) is 22.0. The summed E-state index contributed by atoms with van der Waals surface area (Å²) >= 11 is 33.6. The van der Waals surface area contributed by atoms with Crippen LogP contribution in [-0.2, 0) is 0 Å². The topological polar surface area (TPSA) is 80.9 Å². The number of rotatable bonds is 25. The summed E-state index contributed by atoms with van der Waals surface area (Å²) in [6.45, 7) is 0. The number of aliphatic hydroxyl groups is 4. The normalized spacial score (nSPS) is 17.3. The maximum absolute atomic E-state index is 9.85. The average Bonchev–Trinajstić information content (AvgIpc) is 2.85. The first kappa shape index (κ1) is 37.1. The lowest BCUT2D eigenvalue weighted by Crippen LogP contribution is -2.28. The van der Waals surface area contributed by atoms with E-state index in [2.05, 4.69) is 0 Å². The second-order valence-corrected chi connectivity index (χ2v) is 15.7. The Balaban J connectivity index is 4.87. The van der Waals surface area contributed by atoms with Crippen LogP contribution in [0.2, 0.25) is 0 Å². The maximum Gasteiger partial charge on any atom is 0.0765 e. The van der Waals surface area contributed by atoms with Gasteiger partial charge in [0.25, 0.3) is 0 Å². The van der Waals surface area contributed by atoms with Gasteiger partial charge in [0, 0.05) is 91.5 Å². The molecule has 0 radical (unpaired) electrons. The van der Waals surface area contributed by atoms with Crippen LogP contribution in [0.15, 0.2) is 0 Å². The van der Waals surface area contributed by atoms with Gasteiger partial charge in [0.1, 0.15) is 0 Å². The standard InChI is InChI=1S/C20H38Cl4O4S6/c21-5-15(25)9-29-1-3-33-19(13-31-11-17(27)7-23)20(14-32-12-18(28)8-24)34-4-2-30-10-16(26)6-22/h15-20,25-28H,1-14H2. The van der Waals surface area contributed by atoms with Crippen molar-refractivity contribution < 1.29 is 20.4 Å². The summed E-state index contributed by atoms with van der Waals surface area (Å²) in [5.41, 5.74) is 0. The van der Waals surface area contributed by atoms with Crippen LogP contribution >= 0.6 is 117 Å². The Bertz CT molecular complexity index is 416. The van der Waals surface area contributed by atoms with Gasteiger partial charge in [-0.3, -0.25) is 0 Å². The number of hydrogen-bond acceptors (Lipinski definition) is 10. The highest BCUT2D eigenvalue weighted by molar-refractivity contribution is 8.08. The van der Waals surface area contributed by atoms with Gasteiger partial charge in [-0.25, -0.2) is 0 Å². The van der Waals surface area contributed by atoms with E-state index in [1.54, 1.807) is 47.0 Å². The molecule has 0 aliphatic heterocycles. The highest BCUT2D eigenvalue weighted by atomic mass is 35.5. The van der Waals surface area contributed by atoms with Gasteiger partial charge in [0.2, 0.25) is 0 Å². The van der Waals surface area contributed by atoms with Crippen molar-refractivity contribution in [1.29, 1.82) is 0 Å². The molecular weight excluding hydrogens is 638 g/mol. The van der Waals surface area contributed by atoms with Crippen LogP contribution < -0.4 is 0 Å². The monoisotopic (exact) mass is 674 g/mol. The van der Waals surface area contributed by atoms with E-state index in [1.165, 1.54) is 0 Å². The third-order valence-corrected chi connectivity index (χ3v) is 14.0. The summed E-state index contributed by atoms with van der Waals surface area (Å²) in [6.07, 6.45) is -1.95. The second kappa shape index (κ2) is 26.3. The van der Waals surface area contributed by atoms with Crippen LogP contribution in [0.4, 0.5) is 0 Å². The molecule has 0 heterocycles. The summed E-state index contributed by atoms with van der Waals surface area (Å²) in [6, 6.07) is 0. The Labute approximate surface area is 251 Å². The minimum absolute atomic E-state index is 0.236. The van der Waals surface area contributed by atoms with Gasteiger partial charge in [-0.2, -0.15) is 70.6 Å². The molecule has 6 atom stereocenters.